The van der Waals surface area contributed by atoms with E-state index in [2.05, 4.69) is 25.4 Å². The van der Waals surface area contributed by atoms with Crippen molar-refractivity contribution in [1.29, 1.82) is 0 Å². The molecule has 4 aromatic rings. The number of benzene rings is 1. The van der Waals surface area contributed by atoms with Crippen molar-refractivity contribution in [3.63, 3.8) is 0 Å². The summed E-state index contributed by atoms with van der Waals surface area (Å²) in [7, 11) is 0. The van der Waals surface area contributed by atoms with Gasteiger partial charge in [0.15, 0.2) is 0 Å². The summed E-state index contributed by atoms with van der Waals surface area (Å²) in [5, 5.41) is 17.2. The van der Waals surface area contributed by atoms with Crippen LogP contribution in [0.3, 0.4) is 0 Å². The van der Waals surface area contributed by atoms with Crippen molar-refractivity contribution in [2.45, 2.75) is 12.5 Å². The van der Waals surface area contributed by atoms with E-state index in [0.717, 1.165) is 5.56 Å². The normalized spacial score (nSPS) is 12.3. The average Bonchev–Trinajstić information content (AvgIpc) is 3.27. The standard InChI is InChI=1S/C16H15N7O2/c17-14-21-15(22-16-18-9-19-23(14)16)20-11(13-6-3-7-25-13)8-10-4-1-2-5-12(10)24/h1-7,9,11,24H,8H2,(H3,17,18,19,20,21,22). The second-order valence-corrected chi connectivity index (χ2v) is 5.42. The van der Waals surface area contributed by atoms with Crippen molar-refractivity contribution >= 4 is 17.7 Å². The minimum Gasteiger partial charge on any atom is -0.508 e. The molecule has 9 heteroatoms. The van der Waals surface area contributed by atoms with Gasteiger partial charge < -0.3 is 20.6 Å². The molecule has 9 nitrogen and oxygen atoms in total. The number of anilines is 2. The fourth-order valence-electron chi connectivity index (χ4n) is 2.58. The Hall–Kier alpha value is -3.62. The highest BCUT2D eigenvalue weighted by atomic mass is 16.3. The Balaban J connectivity index is 1.67. The summed E-state index contributed by atoms with van der Waals surface area (Å²) in [5.74, 6) is 1.72. The minimum atomic E-state index is -0.298. The quantitative estimate of drug-likeness (QED) is 0.503. The maximum absolute atomic E-state index is 10.0. The fourth-order valence-corrected chi connectivity index (χ4v) is 2.58. The summed E-state index contributed by atoms with van der Waals surface area (Å²) in [6.45, 7) is 0. The summed E-state index contributed by atoms with van der Waals surface area (Å²) in [6, 6.07) is 10.5. The smallest absolute Gasteiger partial charge is 0.258 e. The second kappa shape index (κ2) is 6.11. The molecule has 3 aromatic heterocycles. The summed E-state index contributed by atoms with van der Waals surface area (Å²) in [6.07, 6.45) is 3.42. The Bertz CT molecular complexity index is 997. The molecule has 4 N–H and O–H groups in total. The molecule has 0 aliphatic heterocycles. The van der Waals surface area contributed by atoms with Gasteiger partial charge in [-0.05, 0) is 23.8 Å². The van der Waals surface area contributed by atoms with Crippen LogP contribution in [-0.4, -0.2) is 29.7 Å². The molecular weight excluding hydrogens is 322 g/mol. The van der Waals surface area contributed by atoms with Gasteiger partial charge in [-0.25, -0.2) is 0 Å². The number of aromatic hydroxyl groups is 1. The summed E-state index contributed by atoms with van der Waals surface area (Å²) < 4.78 is 6.86. The second-order valence-electron chi connectivity index (χ2n) is 5.42. The number of phenols is 1. The summed E-state index contributed by atoms with van der Waals surface area (Å²) >= 11 is 0. The first-order chi connectivity index (χ1) is 12.2. The van der Waals surface area contributed by atoms with Crippen LogP contribution >= 0.6 is 0 Å². The monoisotopic (exact) mass is 337 g/mol. The lowest BCUT2D eigenvalue weighted by Crippen LogP contribution is -2.17. The molecule has 0 aliphatic rings. The lowest BCUT2D eigenvalue weighted by molar-refractivity contribution is 0.453. The number of fused-ring (bicyclic) bond motifs is 1. The molecule has 0 fully saturated rings. The SMILES string of the molecule is Nc1nc(NC(Cc2ccccc2O)c2ccco2)nc2ncnn12. The number of phenolic OH excluding ortho intramolecular Hbond substituents is 1. The van der Waals surface area contributed by atoms with Gasteiger partial charge >= 0.3 is 0 Å². The zero-order valence-electron chi connectivity index (χ0n) is 13.1. The zero-order valence-corrected chi connectivity index (χ0v) is 13.1. The van der Waals surface area contributed by atoms with E-state index in [1.54, 1.807) is 24.5 Å². The molecule has 4 rings (SSSR count). The van der Waals surface area contributed by atoms with E-state index in [0.29, 0.717) is 23.9 Å². The molecule has 1 atom stereocenters. The number of nitrogens with one attached hydrogen (secondary N) is 1. The highest BCUT2D eigenvalue weighted by molar-refractivity contribution is 5.44. The zero-order chi connectivity index (χ0) is 17.2. The van der Waals surface area contributed by atoms with Crippen LogP contribution in [0.5, 0.6) is 5.75 Å². The molecule has 0 spiro atoms. The van der Waals surface area contributed by atoms with E-state index in [9.17, 15) is 5.11 Å². The number of aromatic nitrogens is 5. The lowest BCUT2D eigenvalue weighted by atomic mass is 10.0. The van der Waals surface area contributed by atoms with E-state index in [1.165, 1.54) is 10.8 Å². The molecule has 126 valence electrons. The van der Waals surface area contributed by atoms with E-state index < -0.39 is 0 Å². The van der Waals surface area contributed by atoms with Crippen LogP contribution in [0.25, 0.3) is 5.78 Å². The van der Waals surface area contributed by atoms with Gasteiger partial charge in [0.25, 0.3) is 5.78 Å². The number of furan rings is 1. The first-order valence-electron chi connectivity index (χ1n) is 7.61. The van der Waals surface area contributed by atoms with Gasteiger partial charge in [-0.3, -0.25) is 0 Å². The van der Waals surface area contributed by atoms with Gasteiger partial charge in [-0.2, -0.15) is 24.6 Å². The average molecular weight is 337 g/mol. The molecule has 0 radical (unpaired) electrons. The number of nitrogens with two attached hydrogens (primary N) is 1. The fraction of sp³-hybridized carbons (Fsp3) is 0.125. The maximum atomic E-state index is 10.0. The van der Waals surface area contributed by atoms with E-state index in [-0.39, 0.29) is 17.7 Å². The van der Waals surface area contributed by atoms with Gasteiger partial charge in [-0.15, -0.1) is 0 Å². The summed E-state index contributed by atoms with van der Waals surface area (Å²) in [4.78, 5) is 12.5. The topological polar surface area (TPSA) is 127 Å². The highest BCUT2D eigenvalue weighted by Gasteiger charge is 2.19. The van der Waals surface area contributed by atoms with Crippen LogP contribution in [0.2, 0.25) is 0 Å². The van der Waals surface area contributed by atoms with E-state index in [4.69, 9.17) is 10.2 Å². The van der Waals surface area contributed by atoms with Crippen molar-refractivity contribution in [3.8, 4) is 5.75 Å². The molecule has 1 aromatic carbocycles. The Kier molecular flexibility index (Phi) is 3.65. The predicted molar refractivity (Wildman–Crippen MR) is 89.9 cm³/mol. The first kappa shape index (κ1) is 14.9. The van der Waals surface area contributed by atoms with Crippen molar-refractivity contribution in [3.05, 3.63) is 60.3 Å². The van der Waals surface area contributed by atoms with Gasteiger partial charge in [-0.1, -0.05) is 18.2 Å². The van der Waals surface area contributed by atoms with Crippen LogP contribution in [0, 0.1) is 0 Å². The molecular formula is C16H15N7O2. The van der Waals surface area contributed by atoms with Crippen molar-refractivity contribution in [2.75, 3.05) is 11.1 Å². The van der Waals surface area contributed by atoms with Gasteiger partial charge in [0.05, 0.1) is 12.3 Å². The number of nitrogens with zero attached hydrogens (tertiary/aromatic N) is 5. The molecule has 0 saturated heterocycles. The number of nitrogen functional groups attached to an aromatic ring is 1. The van der Waals surface area contributed by atoms with Crippen molar-refractivity contribution in [1.82, 2.24) is 24.6 Å². The maximum Gasteiger partial charge on any atom is 0.258 e. The number of rotatable bonds is 5. The molecule has 0 bridgehead atoms. The van der Waals surface area contributed by atoms with Gasteiger partial charge in [0, 0.05) is 6.42 Å². The number of para-hydroxylation sites is 1. The third-order valence-electron chi connectivity index (χ3n) is 3.78. The van der Waals surface area contributed by atoms with Crippen molar-refractivity contribution < 1.29 is 9.52 Å². The van der Waals surface area contributed by atoms with Crippen LogP contribution in [-0.2, 0) is 6.42 Å². The molecule has 0 amide bonds. The van der Waals surface area contributed by atoms with Crippen LogP contribution < -0.4 is 11.1 Å². The van der Waals surface area contributed by atoms with Crippen molar-refractivity contribution in [2.24, 2.45) is 0 Å². The van der Waals surface area contributed by atoms with E-state index in [1.807, 2.05) is 18.2 Å². The van der Waals surface area contributed by atoms with E-state index >= 15 is 0 Å². The van der Waals surface area contributed by atoms with Crippen LogP contribution in [0.4, 0.5) is 11.9 Å². The Labute approximate surface area is 142 Å². The van der Waals surface area contributed by atoms with Gasteiger partial charge in [0.2, 0.25) is 11.9 Å². The van der Waals surface area contributed by atoms with Gasteiger partial charge in [0.1, 0.15) is 17.8 Å². The molecule has 0 saturated carbocycles. The molecule has 1 unspecified atom stereocenters. The molecule has 3 heterocycles. The highest BCUT2D eigenvalue weighted by Crippen LogP contribution is 2.27. The number of hydrogen-bond acceptors (Lipinski definition) is 8. The summed E-state index contributed by atoms with van der Waals surface area (Å²) in [5.41, 5.74) is 6.65. The number of hydrogen-bond donors (Lipinski definition) is 3. The third-order valence-corrected chi connectivity index (χ3v) is 3.78. The molecule has 25 heavy (non-hydrogen) atoms. The Morgan fingerprint density at radius 2 is 2.08 bits per heavy atom. The van der Waals surface area contributed by atoms with Crippen LogP contribution in [0.1, 0.15) is 17.4 Å². The Morgan fingerprint density at radius 3 is 2.88 bits per heavy atom. The third kappa shape index (κ3) is 2.94. The Morgan fingerprint density at radius 1 is 1.20 bits per heavy atom. The minimum absolute atomic E-state index is 0.172. The largest absolute Gasteiger partial charge is 0.508 e. The molecule has 0 aliphatic carbocycles. The first-order valence-corrected chi connectivity index (χ1v) is 7.61. The van der Waals surface area contributed by atoms with Crippen LogP contribution in [0.15, 0.2) is 53.4 Å². The predicted octanol–water partition coefficient (Wildman–Crippen LogP) is 1.80. The lowest BCUT2D eigenvalue weighted by Gasteiger charge is -2.17.